The number of hydrogen-bond donors (Lipinski definition) is 0. The molecule has 3 aromatic rings. The number of fused-ring (bicyclic) bond motifs is 1. The largest absolute Gasteiger partial charge is 0.335 e. The van der Waals surface area contributed by atoms with Crippen molar-refractivity contribution in [3.8, 4) is 11.3 Å². The van der Waals surface area contributed by atoms with E-state index < -0.39 is 0 Å². The number of allylic oxidation sites excluding steroid dienone is 1. The monoisotopic (exact) mass is 267 g/mol. The Bertz CT molecular complexity index is 725. The van der Waals surface area contributed by atoms with E-state index in [-0.39, 0.29) is 0 Å². The summed E-state index contributed by atoms with van der Waals surface area (Å²) >= 11 is 6.01. The molecule has 0 aliphatic heterocycles. The molecule has 0 saturated heterocycles. The fraction of sp³-hybridized carbons (Fsp3) is 0.0588. The number of rotatable bonds is 3. The van der Waals surface area contributed by atoms with Gasteiger partial charge in [-0.25, -0.2) is 0 Å². The molecule has 1 heterocycles. The van der Waals surface area contributed by atoms with Crippen LogP contribution < -0.4 is 0 Å². The van der Waals surface area contributed by atoms with Crippen molar-refractivity contribution in [3.05, 3.63) is 72.3 Å². The Morgan fingerprint density at radius 1 is 1.00 bits per heavy atom. The molecule has 0 saturated carbocycles. The van der Waals surface area contributed by atoms with Gasteiger partial charge < -0.3 is 4.57 Å². The first-order valence-electron chi connectivity index (χ1n) is 6.22. The van der Waals surface area contributed by atoms with Gasteiger partial charge in [0.25, 0.3) is 0 Å². The average Bonchev–Trinajstić information content (AvgIpc) is 2.78. The number of para-hydroxylation sites is 1. The fourth-order valence-corrected chi connectivity index (χ4v) is 2.52. The third-order valence-corrected chi connectivity index (χ3v) is 3.33. The van der Waals surface area contributed by atoms with Crippen LogP contribution in [-0.2, 0) is 6.54 Å². The highest BCUT2D eigenvalue weighted by Gasteiger charge is 2.10. The molecule has 0 N–H and O–H groups in total. The van der Waals surface area contributed by atoms with E-state index in [0.717, 1.165) is 0 Å². The molecular weight excluding hydrogens is 254 g/mol. The van der Waals surface area contributed by atoms with E-state index >= 15 is 0 Å². The third kappa shape index (κ3) is 2.29. The highest BCUT2D eigenvalue weighted by Crippen LogP contribution is 2.29. The van der Waals surface area contributed by atoms with Crippen molar-refractivity contribution in [2.24, 2.45) is 0 Å². The highest BCUT2D eigenvalue weighted by molar-refractivity contribution is 6.29. The maximum atomic E-state index is 6.01. The van der Waals surface area contributed by atoms with Crippen LogP contribution in [0.2, 0.25) is 0 Å². The van der Waals surface area contributed by atoms with Gasteiger partial charge in [0.2, 0.25) is 0 Å². The molecule has 19 heavy (non-hydrogen) atoms. The predicted octanol–water partition coefficient (Wildman–Crippen LogP) is 5.06. The van der Waals surface area contributed by atoms with Crippen molar-refractivity contribution in [1.29, 1.82) is 0 Å². The first kappa shape index (κ1) is 12.1. The minimum Gasteiger partial charge on any atom is -0.335 e. The average molecular weight is 268 g/mol. The summed E-state index contributed by atoms with van der Waals surface area (Å²) in [6, 6.07) is 20.9. The van der Waals surface area contributed by atoms with Gasteiger partial charge in [-0.05, 0) is 17.7 Å². The smallest absolute Gasteiger partial charge is 0.0583 e. The van der Waals surface area contributed by atoms with Crippen LogP contribution in [0.3, 0.4) is 0 Å². The maximum Gasteiger partial charge on any atom is 0.0583 e. The topological polar surface area (TPSA) is 4.93 Å². The maximum absolute atomic E-state index is 6.01. The van der Waals surface area contributed by atoms with Crippen LogP contribution in [0.25, 0.3) is 22.2 Å². The lowest BCUT2D eigenvalue weighted by Gasteiger charge is -2.10. The zero-order chi connectivity index (χ0) is 13.2. The first-order chi connectivity index (χ1) is 9.25. The van der Waals surface area contributed by atoms with Crippen LogP contribution in [0.1, 0.15) is 0 Å². The van der Waals surface area contributed by atoms with E-state index in [4.69, 9.17) is 11.6 Å². The minimum absolute atomic E-state index is 0.624. The molecule has 0 radical (unpaired) electrons. The minimum atomic E-state index is 0.624. The number of halogens is 1. The first-order valence-corrected chi connectivity index (χ1v) is 6.60. The second-order valence-corrected chi connectivity index (χ2v) is 5.09. The Kier molecular flexibility index (Phi) is 3.14. The number of aromatic nitrogens is 1. The zero-order valence-electron chi connectivity index (χ0n) is 10.5. The molecule has 94 valence electrons. The standard InChI is InChI=1S/C17H14ClN/c1-13(18)12-19-16-10-6-5-9-15(16)11-17(19)14-7-3-2-4-8-14/h2-11H,1,12H2. The summed E-state index contributed by atoms with van der Waals surface area (Å²) in [4.78, 5) is 0. The Morgan fingerprint density at radius 2 is 1.68 bits per heavy atom. The van der Waals surface area contributed by atoms with Crippen LogP contribution in [0, 0.1) is 0 Å². The van der Waals surface area contributed by atoms with Crippen LogP contribution in [0.4, 0.5) is 0 Å². The van der Waals surface area contributed by atoms with E-state index in [1.807, 2.05) is 24.3 Å². The van der Waals surface area contributed by atoms with Crippen LogP contribution in [-0.4, -0.2) is 4.57 Å². The summed E-state index contributed by atoms with van der Waals surface area (Å²) in [7, 11) is 0. The lowest BCUT2D eigenvalue weighted by atomic mass is 10.1. The van der Waals surface area contributed by atoms with Crippen molar-refractivity contribution in [1.82, 2.24) is 4.57 Å². The van der Waals surface area contributed by atoms with Gasteiger partial charge in [0, 0.05) is 21.6 Å². The van der Waals surface area contributed by atoms with E-state index in [1.54, 1.807) is 0 Å². The Balaban J connectivity index is 2.26. The molecule has 2 heteroatoms. The van der Waals surface area contributed by atoms with Gasteiger partial charge in [-0.15, -0.1) is 0 Å². The summed E-state index contributed by atoms with van der Waals surface area (Å²) in [5.74, 6) is 0. The number of benzene rings is 2. The molecule has 0 atom stereocenters. The number of nitrogens with zero attached hydrogens (tertiary/aromatic N) is 1. The van der Waals surface area contributed by atoms with E-state index in [2.05, 4.69) is 47.5 Å². The lowest BCUT2D eigenvalue weighted by Crippen LogP contribution is -1.99. The third-order valence-electron chi connectivity index (χ3n) is 3.21. The molecule has 3 rings (SSSR count). The summed E-state index contributed by atoms with van der Waals surface area (Å²) in [6.07, 6.45) is 0. The SMILES string of the molecule is C=C(Cl)Cn1c(-c2ccccc2)cc2ccccc21. The predicted molar refractivity (Wildman–Crippen MR) is 82.4 cm³/mol. The molecule has 0 aliphatic carbocycles. The van der Waals surface area contributed by atoms with Gasteiger partial charge in [-0.1, -0.05) is 66.7 Å². The van der Waals surface area contributed by atoms with E-state index in [0.29, 0.717) is 11.6 Å². The van der Waals surface area contributed by atoms with Crippen molar-refractivity contribution in [3.63, 3.8) is 0 Å². The van der Waals surface area contributed by atoms with Gasteiger partial charge in [0.1, 0.15) is 0 Å². The molecule has 0 aliphatic rings. The lowest BCUT2D eigenvalue weighted by molar-refractivity contribution is 0.862. The molecule has 2 aromatic carbocycles. The summed E-state index contributed by atoms with van der Waals surface area (Å²) in [5, 5.41) is 1.86. The molecule has 0 unspecified atom stereocenters. The summed E-state index contributed by atoms with van der Waals surface area (Å²) in [6.45, 7) is 4.44. The Hall–Kier alpha value is -1.99. The van der Waals surface area contributed by atoms with Crippen LogP contribution in [0.15, 0.2) is 72.3 Å². The van der Waals surface area contributed by atoms with E-state index in [1.165, 1.54) is 22.2 Å². The second kappa shape index (κ2) is 4.94. The molecule has 1 aromatic heterocycles. The second-order valence-electron chi connectivity index (χ2n) is 4.56. The van der Waals surface area contributed by atoms with Crippen LogP contribution >= 0.6 is 11.6 Å². The normalized spacial score (nSPS) is 10.8. The van der Waals surface area contributed by atoms with Crippen LogP contribution in [0.5, 0.6) is 0 Å². The Morgan fingerprint density at radius 3 is 2.42 bits per heavy atom. The molecule has 0 spiro atoms. The quantitative estimate of drug-likeness (QED) is 0.625. The molecular formula is C17H14ClN. The van der Waals surface area contributed by atoms with Gasteiger partial charge in [0.05, 0.1) is 6.54 Å². The van der Waals surface area contributed by atoms with Crippen molar-refractivity contribution in [2.45, 2.75) is 6.54 Å². The van der Waals surface area contributed by atoms with Gasteiger partial charge >= 0.3 is 0 Å². The molecule has 0 bridgehead atoms. The number of hydrogen-bond acceptors (Lipinski definition) is 0. The fourth-order valence-electron chi connectivity index (χ4n) is 2.40. The van der Waals surface area contributed by atoms with Gasteiger partial charge in [0.15, 0.2) is 0 Å². The summed E-state index contributed by atoms with van der Waals surface area (Å²) < 4.78 is 2.21. The van der Waals surface area contributed by atoms with Crippen molar-refractivity contribution >= 4 is 22.5 Å². The molecule has 0 amide bonds. The van der Waals surface area contributed by atoms with E-state index in [9.17, 15) is 0 Å². The molecule has 1 nitrogen and oxygen atoms in total. The highest BCUT2D eigenvalue weighted by atomic mass is 35.5. The zero-order valence-corrected chi connectivity index (χ0v) is 11.3. The van der Waals surface area contributed by atoms with Crippen molar-refractivity contribution < 1.29 is 0 Å². The van der Waals surface area contributed by atoms with Gasteiger partial charge in [-0.3, -0.25) is 0 Å². The Labute approximate surface area is 117 Å². The molecule has 0 fully saturated rings. The van der Waals surface area contributed by atoms with Gasteiger partial charge in [-0.2, -0.15) is 0 Å². The summed E-state index contributed by atoms with van der Waals surface area (Å²) in [5.41, 5.74) is 3.54. The van der Waals surface area contributed by atoms with Crippen molar-refractivity contribution in [2.75, 3.05) is 0 Å².